The number of fused-ring (bicyclic) bond motifs is 1. The number of carbonyl (C=O) groups is 1. The monoisotopic (exact) mass is 408 g/mol. The molecule has 0 fully saturated rings. The molecule has 7 heteroatoms. The van der Waals surface area contributed by atoms with E-state index in [1.54, 1.807) is 23.5 Å². The molecular weight excluding hydrogens is 386 g/mol. The van der Waals surface area contributed by atoms with Gasteiger partial charge in [-0.25, -0.2) is 4.98 Å². The first-order chi connectivity index (χ1) is 12.3. The molecule has 0 radical (unpaired) electrons. The van der Waals surface area contributed by atoms with Crippen molar-refractivity contribution in [1.29, 1.82) is 0 Å². The number of hydrogen-bond acceptors (Lipinski definition) is 4. The number of halogens is 1. The predicted molar refractivity (Wildman–Crippen MR) is 112 cm³/mol. The molecule has 0 aliphatic heterocycles. The minimum absolute atomic E-state index is 0.0240. The molecule has 3 aromatic rings. The summed E-state index contributed by atoms with van der Waals surface area (Å²) in [5.41, 5.74) is 3.34. The second kappa shape index (κ2) is 8.05. The van der Waals surface area contributed by atoms with Crippen LogP contribution in [0.25, 0.3) is 10.2 Å². The van der Waals surface area contributed by atoms with Gasteiger partial charge in [-0.2, -0.15) is 0 Å². The van der Waals surface area contributed by atoms with Crippen molar-refractivity contribution in [3.63, 3.8) is 0 Å². The van der Waals surface area contributed by atoms with Crippen molar-refractivity contribution in [3.8, 4) is 0 Å². The first-order valence-corrected chi connectivity index (χ1v) is 10.6. The van der Waals surface area contributed by atoms with Crippen LogP contribution in [0.1, 0.15) is 27.2 Å². The zero-order valence-electron chi connectivity index (χ0n) is 15.4. The number of thiophene rings is 1. The van der Waals surface area contributed by atoms with Crippen molar-refractivity contribution in [1.82, 2.24) is 4.98 Å². The van der Waals surface area contributed by atoms with E-state index >= 15 is 0 Å². The molecular formula is C19H23ClN3OS2+. The van der Waals surface area contributed by atoms with E-state index in [0.29, 0.717) is 15.8 Å². The van der Waals surface area contributed by atoms with Gasteiger partial charge in [0.1, 0.15) is 0 Å². The van der Waals surface area contributed by atoms with E-state index < -0.39 is 0 Å². The fraction of sp³-hybridized carbons (Fsp3) is 0.368. The van der Waals surface area contributed by atoms with Crippen LogP contribution in [0.4, 0.5) is 5.13 Å². The van der Waals surface area contributed by atoms with E-state index in [9.17, 15) is 4.79 Å². The summed E-state index contributed by atoms with van der Waals surface area (Å²) in [5.74, 6) is -0.0240. The Kier molecular flexibility index (Phi) is 5.97. The molecule has 2 heterocycles. The Labute approximate surface area is 167 Å². The highest BCUT2D eigenvalue weighted by molar-refractivity contribution is 7.22. The zero-order valence-corrected chi connectivity index (χ0v) is 17.8. The van der Waals surface area contributed by atoms with Crippen LogP contribution in [0.2, 0.25) is 4.34 Å². The van der Waals surface area contributed by atoms with Gasteiger partial charge in [0.25, 0.3) is 5.91 Å². The van der Waals surface area contributed by atoms with Crippen LogP contribution in [0.5, 0.6) is 0 Å². The summed E-state index contributed by atoms with van der Waals surface area (Å²) < 4.78 is 1.75. The number of nitrogens with zero attached hydrogens (tertiary/aromatic N) is 2. The SMILES string of the molecule is Cc1cc(C)c2nc(N(CCC[NH+](C)C)C(=O)c3ccc(Cl)s3)sc2c1. The van der Waals surface area contributed by atoms with Crippen molar-refractivity contribution >= 4 is 55.5 Å². The molecule has 4 nitrogen and oxygen atoms in total. The topological polar surface area (TPSA) is 37.6 Å². The van der Waals surface area contributed by atoms with Gasteiger partial charge in [-0.1, -0.05) is 29.0 Å². The predicted octanol–water partition coefficient (Wildman–Crippen LogP) is 3.81. The van der Waals surface area contributed by atoms with Crippen LogP contribution < -0.4 is 9.80 Å². The Morgan fingerprint density at radius 3 is 2.65 bits per heavy atom. The summed E-state index contributed by atoms with van der Waals surface area (Å²) in [7, 11) is 4.24. The summed E-state index contributed by atoms with van der Waals surface area (Å²) in [6.07, 6.45) is 0.918. The third kappa shape index (κ3) is 4.26. The Morgan fingerprint density at radius 1 is 1.23 bits per heavy atom. The highest BCUT2D eigenvalue weighted by Crippen LogP contribution is 2.33. The molecule has 0 bridgehead atoms. The number of anilines is 1. The maximum Gasteiger partial charge on any atom is 0.270 e. The van der Waals surface area contributed by atoms with Gasteiger partial charge < -0.3 is 4.90 Å². The number of aromatic nitrogens is 1. The number of benzene rings is 1. The zero-order chi connectivity index (χ0) is 18.8. The first-order valence-electron chi connectivity index (χ1n) is 8.59. The normalized spacial score (nSPS) is 11.5. The summed E-state index contributed by atoms with van der Waals surface area (Å²) in [6.45, 7) is 5.80. The van der Waals surface area contributed by atoms with Gasteiger partial charge in [-0.05, 0) is 43.2 Å². The van der Waals surface area contributed by atoms with Crippen molar-refractivity contribution in [3.05, 3.63) is 44.6 Å². The van der Waals surface area contributed by atoms with Gasteiger partial charge in [0.15, 0.2) is 5.13 Å². The minimum atomic E-state index is -0.0240. The fourth-order valence-electron chi connectivity index (χ4n) is 2.91. The lowest BCUT2D eigenvalue weighted by molar-refractivity contribution is -0.858. The van der Waals surface area contributed by atoms with Crippen molar-refractivity contribution in [2.24, 2.45) is 0 Å². The van der Waals surface area contributed by atoms with E-state index in [-0.39, 0.29) is 5.91 Å². The second-order valence-electron chi connectivity index (χ2n) is 6.80. The number of nitrogens with one attached hydrogen (secondary N) is 1. The van der Waals surface area contributed by atoms with E-state index in [1.165, 1.54) is 21.8 Å². The maximum absolute atomic E-state index is 13.1. The molecule has 0 saturated carbocycles. The van der Waals surface area contributed by atoms with Gasteiger partial charge in [0.2, 0.25) is 0 Å². The van der Waals surface area contributed by atoms with E-state index in [2.05, 4.69) is 40.1 Å². The van der Waals surface area contributed by atoms with E-state index in [4.69, 9.17) is 16.6 Å². The molecule has 0 spiro atoms. The van der Waals surface area contributed by atoms with E-state index in [1.807, 2.05) is 4.90 Å². The van der Waals surface area contributed by atoms with Crippen LogP contribution in [0.15, 0.2) is 24.3 Å². The minimum Gasteiger partial charge on any atom is -0.340 e. The number of aryl methyl sites for hydroxylation is 2. The smallest absolute Gasteiger partial charge is 0.270 e. The van der Waals surface area contributed by atoms with E-state index in [0.717, 1.165) is 33.9 Å². The van der Waals surface area contributed by atoms with Gasteiger partial charge in [0, 0.05) is 13.0 Å². The second-order valence-corrected chi connectivity index (χ2v) is 9.52. The molecule has 0 atom stereocenters. The van der Waals surface area contributed by atoms with Crippen LogP contribution in [0.3, 0.4) is 0 Å². The van der Waals surface area contributed by atoms with Crippen LogP contribution in [0, 0.1) is 13.8 Å². The number of rotatable bonds is 6. The lowest BCUT2D eigenvalue weighted by Gasteiger charge is -2.19. The molecule has 0 aliphatic rings. The number of carbonyl (C=O) groups excluding carboxylic acids is 1. The number of thiazole rings is 1. The largest absolute Gasteiger partial charge is 0.340 e. The van der Waals surface area contributed by atoms with Gasteiger partial charge in [-0.3, -0.25) is 9.69 Å². The molecule has 0 aliphatic carbocycles. The highest BCUT2D eigenvalue weighted by atomic mass is 35.5. The van der Waals surface area contributed by atoms with Crippen molar-refractivity contribution in [2.75, 3.05) is 32.1 Å². The third-order valence-electron chi connectivity index (χ3n) is 4.14. The lowest BCUT2D eigenvalue weighted by Crippen LogP contribution is -3.05. The average Bonchev–Trinajstić information content (AvgIpc) is 3.17. The first kappa shape index (κ1) is 19.3. The summed E-state index contributed by atoms with van der Waals surface area (Å²) in [5, 5.41) is 0.761. The molecule has 0 unspecified atom stereocenters. The molecule has 3 rings (SSSR count). The Balaban J connectivity index is 1.96. The third-order valence-corrected chi connectivity index (χ3v) is 6.38. The van der Waals surface area contributed by atoms with Gasteiger partial charge in [0.05, 0.1) is 40.1 Å². The maximum atomic E-state index is 13.1. The Morgan fingerprint density at radius 2 is 2.00 bits per heavy atom. The van der Waals surface area contributed by atoms with Gasteiger partial charge in [-0.15, -0.1) is 11.3 Å². The molecule has 1 amide bonds. The molecule has 138 valence electrons. The van der Waals surface area contributed by atoms with Crippen molar-refractivity contribution < 1.29 is 9.69 Å². The Hall–Kier alpha value is -1.47. The number of amides is 1. The molecule has 1 aromatic carbocycles. The standard InChI is InChI=1S/C19H22ClN3OS2/c1-12-10-13(2)17-15(11-12)26-19(21-17)23(9-5-8-22(3)4)18(24)14-6-7-16(20)25-14/h6-7,10-11H,5,8-9H2,1-4H3/p+1. The molecule has 1 N–H and O–H groups in total. The number of hydrogen-bond donors (Lipinski definition) is 1. The van der Waals surface area contributed by atoms with Crippen LogP contribution in [-0.4, -0.2) is 38.1 Å². The Bertz CT molecular complexity index is 932. The average molecular weight is 409 g/mol. The number of quaternary nitrogens is 1. The van der Waals surface area contributed by atoms with Crippen LogP contribution in [-0.2, 0) is 0 Å². The molecule has 2 aromatic heterocycles. The summed E-state index contributed by atoms with van der Waals surface area (Å²) in [6, 6.07) is 7.83. The quantitative estimate of drug-likeness (QED) is 0.673. The lowest BCUT2D eigenvalue weighted by atomic mass is 10.1. The van der Waals surface area contributed by atoms with Gasteiger partial charge >= 0.3 is 0 Å². The van der Waals surface area contributed by atoms with Crippen LogP contribution >= 0.6 is 34.3 Å². The summed E-state index contributed by atoms with van der Waals surface area (Å²) >= 11 is 8.93. The highest BCUT2D eigenvalue weighted by Gasteiger charge is 2.23. The summed E-state index contributed by atoms with van der Waals surface area (Å²) in [4.78, 5) is 21.7. The fourth-order valence-corrected chi connectivity index (χ4v) is 5.07. The van der Waals surface area contributed by atoms with Crippen molar-refractivity contribution in [2.45, 2.75) is 20.3 Å². The molecule has 26 heavy (non-hydrogen) atoms. The molecule has 0 saturated heterocycles.